The summed E-state index contributed by atoms with van der Waals surface area (Å²) in [6.45, 7) is 3.51. The maximum absolute atomic E-state index is 12.4. The van der Waals surface area contributed by atoms with Gasteiger partial charge in [-0.15, -0.1) is 0 Å². The molecule has 1 aliphatic heterocycles. The minimum absolute atomic E-state index is 0.0565. The topological polar surface area (TPSA) is 53.8 Å². The molecule has 1 aromatic rings. The van der Waals surface area contributed by atoms with Gasteiger partial charge in [0.15, 0.2) is 5.76 Å². The molecule has 1 aromatic heterocycles. The van der Waals surface area contributed by atoms with Crippen molar-refractivity contribution < 1.29 is 14.0 Å². The number of carbonyl (C=O) groups is 2. The third kappa shape index (κ3) is 2.42. The van der Waals surface area contributed by atoms with Gasteiger partial charge in [-0.25, -0.2) is 0 Å². The molecule has 2 amide bonds. The molecule has 2 heterocycles. The highest BCUT2D eigenvalue weighted by atomic mass is 16.3. The molecule has 2 aliphatic rings. The Bertz CT molecular complexity index is 554. The molecule has 22 heavy (non-hydrogen) atoms. The number of nitrogens with zero attached hydrogens (tertiary/aromatic N) is 2. The van der Waals surface area contributed by atoms with Crippen LogP contribution in [0, 0.1) is 5.41 Å². The van der Waals surface area contributed by atoms with Gasteiger partial charge in [0.05, 0.1) is 6.26 Å². The predicted molar refractivity (Wildman–Crippen MR) is 82.4 cm³/mol. The van der Waals surface area contributed by atoms with Crippen molar-refractivity contribution >= 4 is 11.8 Å². The molecule has 0 spiro atoms. The van der Waals surface area contributed by atoms with Gasteiger partial charge in [0.2, 0.25) is 5.91 Å². The second-order valence-corrected chi connectivity index (χ2v) is 6.59. The molecule has 0 N–H and O–H groups in total. The molecular weight excluding hydrogens is 280 g/mol. The molecular formula is C17H24N2O3. The van der Waals surface area contributed by atoms with E-state index in [1.807, 2.05) is 18.9 Å². The molecule has 5 heteroatoms. The zero-order chi connectivity index (χ0) is 15.7. The van der Waals surface area contributed by atoms with Gasteiger partial charge >= 0.3 is 0 Å². The van der Waals surface area contributed by atoms with E-state index in [2.05, 4.69) is 0 Å². The van der Waals surface area contributed by atoms with Crippen molar-refractivity contribution in [3.8, 4) is 0 Å². The molecule has 1 aliphatic carbocycles. The van der Waals surface area contributed by atoms with Crippen LogP contribution in [-0.2, 0) is 4.79 Å². The maximum Gasteiger partial charge on any atom is 0.289 e. The SMILES string of the molecule is CCN1C(=O)CCC2(CN(C)C(=O)c3ccco3)CCCC12. The van der Waals surface area contributed by atoms with Crippen LogP contribution in [0.5, 0.6) is 0 Å². The molecule has 2 unspecified atom stereocenters. The summed E-state index contributed by atoms with van der Waals surface area (Å²) in [4.78, 5) is 28.4. The number of hydrogen-bond donors (Lipinski definition) is 0. The molecule has 1 saturated heterocycles. The number of rotatable bonds is 4. The van der Waals surface area contributed by atoms with Crippen molar-refractivity contribution in [1.29, 1.82) is 0 Å². The number of amides is 2. The van der Waals surface area contributed by atoms with Crippen LogP contribution < -0.4 is 0 Å². The Morgan fingerprint density at radius 3 is 3.00 bits per heavy atom. The first-order chi connectivity index (χ1) is 10.6. The highest BCUT2D eigenvalue weighted by Gasteiger charge is 2.50. The predicted octanol–water partition coefficient (Wildman–Crippen LogP) is 2.53. The van der Waals surface area contributed by atoms with E-state index in [0.717, 1.165) is 32.2 Å². The van der Waals surface area contributed by atoms with Crippen molar-refractivity contribution in [3.05, 3.63) is 24.2 Å². The van der Waals surface area contributed by atoms with Crippen LogP contribution >= 0.6 is 0 Å². The summed E-state index contributed by atoms with van der Waals surface area (Å²) in [7, 11) is 1.84. The van der Waals surface area contributed by atoms with E-state index in [-0.39, 0.29) is 23.3 Å². The van der Waals surface area contributed by atoms with E-state index in [0.29, 0.717) is 18.7 Å². The Balaban J connectivity index is 1.77. The Hall–Kier alpha value is -1.78. The monoisotopic (exact) mass is 304 g/mol. The third-order valence-corrected chi connectivity index (χ3v) is 5.36. The van der Waals surface area contributed by atoms with Gasteiger partial charge in [0, 0.05) is 38.0 Å². The number of fused-ring (bicyclic) bond motifs is 1. The highest BCUT2D eigenvalue weighted by molar-refractivity contribution is 5.91. The Kier molecular flexibility index (Phi) is 3.98. The third-order valence-electron chi connectivity index (χ3n) is 5.36. The summed E-state index contributed by atoms with van der Waals surface area (Å²) in [6, 6.07) is 3.71. The van der Waals surface area contributed by atoms with Gasteiger partial charge in [-0.3, -0.25) is 9.59 Å². The smallest absolute Gasteiger partial charge is 0.289 e. The van der Waals surface area contributed by atoms with E-state index in [1.54, 1.807) is 17.0 Å². The van der Waals surface area contributed by atoms with Crippen LogP contribution in [0.15, 0.2) is 22.8 Å². The van der Waals surface area contributed by atoms with Crippen LogP contribution in [0.2, 0.25) is 0 Å². The lowest BCUT2D eigenvalue weighted by atomic mass is 9.74. The Labute approximate surface area is 131 Å². The number of hydrogen-bond acceptors (Lipinski definition) is 3. The fraction of sp³-hybridized carbons (Fsp3) is 0.647. The average molecular weight is 304 g/mol. The minimum Gasteiger partial charge on any atom is -0.459 e. The first-order valence-corrected chi connectivity index (χ1v) is 8.16. The molecule has 5 nitrogen and oxygen atoms in total. The van der Waals surface area contributed by atoms with E-state index in [1.165, 1.54) is 6.26 Å². The molecule has 120 valence electrons. The van der Waals surface area contributed by atoms with Gasteiger partial charge < -0.3 is 14.2 Å². The van der Waals surface area contributed by atoms with Crippen LogP contribution in [0.1, 0.15) is 49.6 Å². The summed E-state index contributed by atoms with van der Waals surface area (Å²) in [5.74, 6) is 0.572. The van der Waals surface area contributed by atoms with Crippen molar-refractivity contribution in [2.24, 2.45) is 5.41 Å². The van der Waals surface area contributed by atoms with Crippen LogP contribution in [-0.4, -0.2) is 47.8 Å². The molecule has 0 radical (unpaired) electrons. The lowest BCUT2D eigenvalue weighted by Crippen LogP contribution is -2.56. The summed E-state index contributed by atoms with van der Waals surface area (Å²) < 4.78 is 5.22. The van der Waals surface area contributed by atoms with Crippen LogP contribution in [0.3, 0.4) is 0 Å². The zero-order valence-corrected chi connectivity index (χ0v) is 13.4. The summed E-state index contributed by atoms with van der Waals surface area (Å²) >= 11 is 0. The first-order valence-electron chi connectivity index (χ1n) is 8.16. The normalized spacial score (nSPS) is 27.8. The first kappa shape index (κ1) is 15.1. The summed E-state index contributed by atoms with van der Waals surface area (Å²) in [5, 5.41) is 0. The lowest BCUT2D eigenvalue weighted by molar-refractivity contribution is -0.141. The van der Waals surface area contributed by atoms with E-state index >= 15 is 0 Å². The van der Waals surface area contributed by atoms with Crippen molar-refractivity contribution in [1.82, 2.24) is 9.80 Å². The molecule has 0 bridgehead atoms. The molecule has 1 saturated carbocycles. The average Bonchev–Trinajstić information content (AvgIpc) is 3.16. The number of likely N-dealkylation sites (tertiary alicyclic amines) is 1. The number of piperidine rings is 1. The van der Waals surface area contributed by atoms with Crippen LogP contribution in [0.4, 0.5) is 0 Å². The number of carbonyl (C=O) groups excluding carboxylic acids is 2. The lowest BCUT2D eigenvalue weighted by Gasteiger charge is -2.47. The van der Waals surface area contributed by atoms with Gasteiger partial charge in [0.25, 0.3) is 5.91 Å². The van der Waals surface area contributed by atoms with Crippen LogP contribution in [0.25, 0.3) is 0 Å². The molecule has 2 atom stereocenters. The second-order valence-electron chi connectivity index (χ2n) is 6.59. The highest BCUT2D eigenvalue weighted by Crippen LogP contribution is 2.48. The van der Waals surface area contributed by atoms with Gasteiger partial charge in [0.1, 0.15) is 0 Å². The largest absolute Gasteiger partial charge is 0.459 e. The van der Waals surface area contributed by atoms with E-state index in [9.17, 15) is 9.59 Å². The molecule has 2 fully saturated rings. The quantitative estimate of drug-likeness (QED) is 0.859. The fourth-order valence-corrected chi connectivity index (χ4v) is 4.36. The Morgan fingerprint density at radius 2 is 2.32 bits per heavy atom. The fourth-order valence-electron chi connectivity index (χ4n) is 4.36. The maximum atomic E-state index is 12.4. The van der Waals surface area contributed by atoms with E-state index < -0.39 is 0 Å². The van der Waals surface area contributed by atoms with Crippen molar-refractivity contribution in [2.75, 3.05) is 20.1 Å². The molecule has 0 aromatic carbocycles. The standard InChI is InChI=1S/C17H24N2O3/c1-3-19-14-7-4-9-17(14,10-8-15(19)20)12-18(2)16(21)13-6-5-11-22-13/h5-6,11,14H,3-4,7-10,12H2,1-2H3. The van der Waals surface area contributed by atoms with E-state index in [4.69, 9.17) is 4.42 Å². The van der Waals surface area contributed by atoms with Gasteiger partial charge in [-0.1, -0.05) is 6.42 Å². The Morgan fingerprint density at radius 1 is 1.50 bits per heavy atom. The van der Waals surface area contributed by atoms with Gasteiger partial charge in [-0.2, -0.15) is 0 Å². The van der Waals surface area contributed by atoms with Gasteiger partial charge in [-0.05, 0) is 38.3 Å². The zero-order valence-electron chi connectivity index (χ0n) is 13.4. The number of furan rings is 1. The summed E-state index contributed by atoms with van der Waals surface area (Å²) in [6.07, 6.45) is 6.31. The second kappa shape index (κ2) is 5.78. The molecule has 3 rings (SSSR count). The minimum atomic E-state index is -0.0787. The summed E-state index contributed by atoms with van der Waals surface area (Å²) in [5.41, 5.74) is 0.0565. The van der Waals surface area contributed by atoms with Crippen molar-refractivity contribution in [3.63, 3.8) is 0 Å². The van der Waals surface area contributed by atoms with Crippen molar-refractivity contribution in [2.45, 2.75) is 45.1 Å².